The molecule has 1 aromatic heterocycles. The molecule has 0 radical (unpaired) electrons. The molecule has 0 aliphatic heterocycles. The van der Waals surface area contributed by atoms with E-state index in [0.29, 0.717) is 32.0 Å². The Morgan fingerprint density at radius 2 is 2.10 bits per heavy atom. The molecule has 21 heavy (non-hydrogen) atoms. The second-order valence-electron chi connectivity index (χ2n) is 4.33. The van der Waals surface area contributed by atoms with Gasteiger partial charge < -0.3 is 14.8 Å². The van der Waals surface area contributed by atoms with Gasteiger partial charge >= 0.3 is 5.69 Å². The van der Waals surface area contributed by atoms with Crippen LogP contribution in [0.4, 0.5) is 11.5 Å². The van der Waals surface area contributed by atoms with Crippen molar-refractivity contribution in [2.45, 2.75) is 33.1 Å². The van der Waals surface area contributed by atoms with Crippen LogP contribution >= 0.6 is 0 Å². The quantitative estimate of drug-likeness (QED) is 0.401. The molecule has 0 atom stereocenters. The van der Waals surface area contributed by atoms with E-state index < -0.39 is 4.92 Å². The zero-order valence-electron chi connectivity index (χ0n) is 12.7. The van der Waals surface area contributed by atoms with Crippen molar-refractivity contribution in [3.63, 3.8) is 0 Å². The molecule has 0 aliphatic carbocycles. The predicted octanol–water partition coefficient (Wildman–Crippen LogP) is 2.18. The van der Waals surface area contributed by atoms with Gasteiger partial charge in [0.15, 0.2) is 0 Å². The van der Waals surface area contributed by atoms with E-state index in [1.54, 1.807) is 0 Å². The van der Waals surface area contributed by atoms with Crippen LogP contribution < -0.4 is 10.1 Å². The second kappa shape index (κ2) is 9.06. The number of aromatic nitrogens is 2. The van der Waals surface area contributed by atoms with Gasteiger partial charge in [0.25, 0.3) is 5.88 Å². The largest absolute Gasteiger partial charge is 0.476 e. The normalized spacial score (nSPS) is 10.4. The topological polar surface area (TPSA) is 99.4 Å². The summed E-state index contributed by atoms with van der Waals surface area (Å²) in [4.78, 5) is 19.0. The number of anilines is 1. The molecule has 1 N–H and O–H groups in total. The Hall–Kier alpha value is -1.96. The molecule has 0 fully saturated rings. The van der Waals surface area contributed by atoms with E-state index in [1.807, 2.05) is 13.8 Å². The van der Waals surface area contributed by atoms with Crippen LogP contribution in [0.3, 0.4) is 0 Å². The van der Waals surface area contributed by atoms with Crippen LogP contribution in [0.25, 0.3) is 0 Å². The molecule has 0 amide bonds. The number of nitrogens with zero attached hydrogens (tertiary/aromatic N) is 3. The minimum atomic E-state index is -0.528. The van der Waals surface area contributed by atoms with Crippen molar-refractivity contribution in [1.82, 2.24) is 9.97 Å². The highest BCUT2D eigenvalue weighted by Crippen LogP contribution is 2.31. The van der Waals surface area contributed by atoms with Crippen LogP contribution in [-0.4, -0.2) is 41.8 Å². The Morgan fingerprint density at radius 1 is 1.33 bits per heavy atom. The smallest absolute Gasteiger partial charge is 0.372 e. The number of methoxy groups -OCH3 is 1. The number of hydrogen-bond donors (Lipinski definition) is 1. The molecule has 0 aliphatic rings. The van der Waals surface area contributed by atoms with Crippen molar-refractivity contribution in [3.05, 3.63) is 15.9 Å². The molecule has 8 nitrogen and oxygen atoms in total. The molecule has 118 valence electrons. The molecule has 1 heterocycles. The standard InChI is InChI=1S/C13H22N4O4/c1-4-7-10-15-12(14-8-6-9-21-5-2)11(17(18)19)13(16-10)20-3/h4-9H2,1-3H3,(H,14,15,16). The first-order chi connectivity index (χ1) is 10.1. The molecular weight excluding hydrogens is 276 g/mol. The summed E-state index contributed by atoms with van der Waals surface area (Å²) in [5.41, 5.74) is -0.228. The molecule has 0 unspecified atom stereocenters. The molecule has 0 saturated carbocycles. The van der Waals surface area contributed by atoms with E-state index in [4.69, 9.17) is 9.47 Å². The molecule has 0 bridgehead atoms. The highest BCUT2D eigenvalue weighted by Gasteiger charge is 2.25. The van der Waals surface area contributed by atoms with E-state index in [-0.39, 0.29) is 17.4 Å². The van der Waals surface area contributed by atoms with Crippen molar-refractivity contribution >= 4 is 11.5 Å². The van der Waals surface area contributed by atoms with Gasteiger partial charge in [-0.3, -0.25) is 10.1 Å². The average Bonchev–Trinajstić information content (AvgIpc) is 2.46. The minimum absolute atomic E-state index is 0.00856. The number of aryl methyl sites for hydroxylation is 1. The maximum Gasteiger partial charge on any atom is 0.372 e. The SMILES string of the molecule is CCCc1nc(NCCCOCC)c([N+](=O)[O-])c(OC)n1. The lowest BCUT2D eigenvalue weighted by molar-refractivity contribution is -0.385. The molecule has 0 saturated heterocycles. The number of ether oxygens (including phenoxy) is 2. The number of nitrogens with one attached hydrogen (secondary N) is 1. The third kappa shape index (κ3) is 5.14. The van der Waals surface area contributed by atoms with Crippen LogP contribution in [0.2, 0.25) is 0 Å². The first-order valence-electron chi connectivity index (χ1n) is 7.04. The van der Waals surface area contributed by atoms with Crippen LogP contribution in [-0.2, 0) is 11.2 Å². The predicted molar refractivity (Wildman–Crippen MR) is 78.8 cm³/mol. The summed E-state index contributed by atoms with van der Waals surface area (Å²) < 4.78 is 10.2. The summed E-state index contributed by atoms with van der Waals surface area (Å²) >= 11 is 0. The van der Waals surface area contributed by atoms with E-state index in [1.165, 1.54) is 7.11 Å². The zero-order valence-corrected chi connectivity index (χ0v) is 12.7. The lowest BCUT2D eigenvalue weighted by Crippen LogP contribution is -2.12. The molecule has 8 heteroatoms. The van der Waals surface area contributed by atoms with Crippen molar-refractivity contribution in [2.24, 2.45) is 0 Å². The Morgan fingerprint density at radius 3 is 2.67 bits per heavy atom. The summed E-state index contributed by atoms with van der Waals surface area (Å²) in [6.07, 6.45) is 2.23. The Labute approximate surface area is 124 Å². The van der Waals surface area contributed by atoms with Crippen molar-refractivity contribution in [1.29, 1.82) is 0 Å². The van der Waals surface area contributed by atoms with Gasteiger partial charge in [0, 0.05) is 26.2 Å². The Kier molecular flexibility index (Phi) is 7.38. The monoisotopic (exact) mass is 298 g/mol. The Balaban J connectivity index is 2.91. The fourth-order valence-electron chi connectivity index (χ4n) is 1.77. The van der Waals surface area contributed by atoms with Gasteiger partial charge in [-0.1, -0.05) is 6.92 Å². The van der Waals surface area contributed by atoms with Gasteiger partial charge in [0.1, 0.15) is 5.82 Å². The first kappa shape index (κ1) is 17.1. The number of nitro groups is 1. The summed E-state index contributed by atoms with van der Waals surface area (Å²) in [7, 11) is 1.37. The molecule has 1 rings (SSSR count). The van der Waals surface area contributed by atoms with Crippen molar-refractivity contribution < 1.29 is 14.4 Å². The van der Waals surface area contributed by atoms with Gasteiger partial charge in [-0.05, 0) is 19.8 Å². The fourth-order valence-corrected chi connectivity index (χ4v) is 1.77. The minimum Gasteiger partial charge on any atom is -0.476 e. The van der Waals surface area contributed by atoms with E-state index in [0.717, 1.165) is 12.8 Å². The van der Waals surface area contributed by atoms with Crippen LogP contribution in [0, 0.1) is 10.1 Å². The van der Waals surface area contributed by atoms with Gasteiger partial charge in [-0.25, -0.2) is 4.98 Å². The zero-order chi connectivity index (χ0) is 15.7. The van der Waals surface area contributed by atoms with E-state index >= 15 is 0 Å². The lowest BCUT2D eigenvalue weighted by Gasteiger charge is -2.10. The fraction of sp³-hybridized carbons (Fsp3) is 0.692. The number of hydrogen-bond acceptors (Lipinski definition) is 7. The number of rotatable bonds is 10. The summed E-state index contributed by atoms with van der Waals surface area (Å²) in [6, 6.07) is 0. The maximum atomic E-state index is 11.2. The summed E-state index contributed by atoms with van der Waals surface area (Å²) in [6.45, 7) is 5.70. The van der Waals surface area contributed by atoms with Gasteiger partial charge in [0.05, 0.1) is 12.0 Å². The third-order valence-corrected chi connectivity index (χ3v) is 2.71. The van der Waals surface area contributed by atoms with Gasteiger partial charge in [-0.15, -0.1) is 0 Å². The van der Waals surface area contributed by atoms with Crippen molar-refractivity contribution in [3.8, 4) is 5.88 Å². The first-order valence-corrected chi connectivity index (χ1v) is 7.04. The van der Waals surface area contributed by atoms with Gasteiger partial charge in [-0.2, -0.15) is 4.98 Å². The second-order valence-corrected chi connectivity index (χ2v) is 4.33. The maximum absolute atomic E-state index is 11.2. The van der Waals surface area contributed by atoms with E-state index in [9.17, 15) is 10.1 Å². The summed E-state index contributed by atoms with van der Waals surface area (Å²) in [5.74, 6) is 0.727. The lowest BCUT2D eigenvalue weighted by atomic mass is 10.3. The highest BCUT2D eigenvalue weighted by molar-refractivity contribution is 5.61. The third-order valence-electron chi connectivity index (χ3n) is 2.71. The van der Waals surface area contributed by atoms with Crippen molar-refractivity contribution in [2.75, 3.05) is 32.2 Å². The highest BCUT2D eigenvalue weighted by atomic mass is 16.6. The molecule has 1 aromatic rings. The van der Waals surface area contributed by atoms with Crippen LogP contribution in [0.15, 0.2) is 0 Å². The van der Waals surface area contributed by atoms with E-state index in [2.05, 4.69) is 15.3 Å². The van der Waals surface area contributed by atoms with Gasteiger partial charge in [0.2, 0.25) is 5.82 Å². The molecule has 0 aromatic carbocycles. The Bertz CT molecular complexity index is 468. The molecule has 0 spiro atoms. The average molecular weight is 298 g/mol. The molecular formula is C13H22N4O4. The summed E-state index contributed by atoms with van der Waals surface area (Å²) in [5, 5.41) is 14.2. The van der Waals surface area contributed by atoms with Crippen LogP contribution in [0.1, 0.15) is 32.5 Å². The van der Waals surface area contributed by atoms with Crippen LogP contribution in [0.5, 0.6) is 5.88 Å².